The Kier molecular flexibility index (Phi) is 7.99. The summed E-state index contributed by atoms with van der Waals surface area (Å²) in [5.74, 6) is 1.26. The number of fused-ring (bicyclic) bond motifs is 1. The van der Waals surface area contributed by atoms with E-state index in [-0.39, 0.29) is 18.6 Å². The number of hydrogen-bond donors (Lipinski definition) is 2. The fourth-order valence-electron chi connectivity index (χ4n) is 5.60. The summed E-state index contributed by atoms with van der Waals surface area (Å²) in [6.45, 7) is 0.0208. The first-order chi connectivity index (χ1) is 20.5. The third kappa shape index (κ3) is 4.85. The minimum Gasteiger partial charge on any atom is -0.496 e. The molecule has 5 aromatic rings. The fourth-order valence-corrected chi connectivity index (χ4v) is 6.32. The number of aromatic nitrogens is 4. The third-order valence-corrected chi connectivity index (χ3v) is 8.30. The minimum atomic E-state index is -1.19. The zero-order chi connectivity index (χ0) is 29.3. The van der Waals surface area contributed by atoms with Crippen LogP contribution < -0.4 is 15.0 Å². The van der Waals surface area contributed by atoms with E-state index in [0.29, 0.717) is 26.2 Å². The summed E-state index contributed by atoms with van der Waals surface area (Å²) in [4.78, 5) is 19.3. The molecule has 10 nitrogen and oxygen atoms in total. The van der Waals surface area contributed by atoms with Crippen LogP contribution in [0, 0.1) is 3.70 Å². The van der Waals surface area contributed by atoms with Crippen LogP contribution in [0.3, 0.4) is 0 Å². The van der Waals surface area contributed by atoms with Crippen LogP contribution in [0.5, 0.6) is 11.5 Å². The van der Waals surface area contributed by atoms with Gasteiger partial charge in [0, 0.05) is 17.5 Å². The van der Waals surface area contributed by atoms with E-state index >= 15 is 0 Å². The van der Waals surface area contributed by atoms with Crippen LogP contribution in [-0.2, 0) is 15.1 Å². The zero-order valence-electron chi connectivity index (χ0n) is 22.9. The Morgan fingerprint density at radius 3 is 2.26 bits per heavy atom. The van der Waals surface area contributed by atoms with Gasteiger partial charge >= 0.3 is 0 Å². The molecule has 0 saturated carbocycles. The molecule has 42 heavy (non-hydrogen) atoms. The van der Waals surface area contributed by atoms with Crippen LogP contribution >= 0.6 is 22.6 Å². The highest BCUT2D eigenvalue weighted by molar-refractivity contribution is 14.1. The van der Waals surface area contributed by atoms with Crippen molar-refractivity contribution in [2.45, 2.75) is 30.5 Å². The van der Waals surface area contributed by atoms with Gasteiger partial charge in [-0.3, -0.25) is 4.79 Å². The molecule has 0 spiro atoms. The lowest BCUT2D eigenvalue weighted by Crippen LogP contribution is -2.38. The van der Waals surface area contributed by atoms with Crippen LogP contribution in [0.1, 0.15) is 29.3 Å². The number of halogens is 1. The van der Waals surface area contributed by atoms with E-state index in [2.05, 4.69) is 15.1 Å². The van der Waals surface area contributed by atoms with Gasteiger partial charge in [-0.25, -0.2) is 9.67 Å². The Labute approximate surface area is 255 Å². The number of aliphatic hydroxyl groups is 1. The topological polar surface area (TPSA) is 121 Å². The van der Waals surface area contributed by atoms with E-state index < -0.39 is 24.0 Å². The highest BCUT2D eigenvalue weighted by Crippen LogP contribution is 2.48. The summed E-state index contributed by atoms with van der Waals surface area (Å²) in [5.41, 5.74) is 1.30. The lowest BCUT2D eigenvalue weighted by Gasteiger charge is -2.38. The lowest BCUT2D eigenvalue weighted by atomic mass is 9.79. The molecular weight excluding hydrogens is 651 g/mol. The standard InChI is InChI=1S/C31H29IN4O6/c1-39-23-14-8-6-12-20(23)31(19-10-4-3-5-11-19,21-13-7-9-15-24(21)40-2)41-17-25-22(37)16-26(42-25)36-29-27(28(32)35-36)30(38)34-18-33-29/h3-15,18,22,25-26,37H,16-17H2,1-2H3,(H,33,34,38)/t22-,25+,26+/m0/s1. The van der Waals surface area contributed by atoms with Crippen LogP contribution in [0.15, 0.2) is 90.0 Å². The zero-order valence-corrected chi connectivity index (χ0v) is 25.1. The van der Waals surface area contributed by atoms with Gasteiger partial charge < -0.3 is 29.0 Å². The van der Waals surface area contributed by atoms with Crippen molar-refractivity contribution in [1.29, 1.82) is 0 Å². The van der Waals surface area contributed by atoms with Gasteiger partial charge in [0.1, 0.15) is 26.7 Å². The molecule has 1 saturated heterocycles. The van der Waals surface area contributed by atoms with Crippen LogP contribution in [0.2, 0.25) is 0 Å². The monoisotopic (exact) mass is 680 g/mol. The Bertz CT molecular complexity index is 1710. The molecule has 1 aliphatic heterocycles. The molecule has 3 heterocycles. The van der Waals surface area contributed by atoms with Gasteiger partial charge in [-0.2, -0.15) is 5.10 Å². The molecule has 0 unspecified atom stereocenters. The first kappa shape index (κ1) is 28.3. The number of benzene rings is 3. The van der Waals surface area contributed by atoms with Gasteiger partial charge in [0.05, 0.1) is 33.3 Å². The van der Waals surface area contributed by atoms with Crippen LogP contribution in [0.25, 0.3) is 11.0 Å². The Morgan fingerprint density at radius 1 is 1.00 bits per heavy atom. The first-order valence-electron chi connectivity index (χ1n) is 13.4. The normalized spacial score (nSPS) is 18.8. The molecule has 0 aliphatic carbocycles. The van der Waals surface area contributed by atoms with Crippen molar-refractivity contribution in [3.8, 4) is 11.5 Å². The summed E-state index contributed by atoms with van der Waals surface area (Å²) >= 11 is 2.00. The summed E-state index contributed by atoms with van der Waals surface area (Å²) in [5, 5.41) is 16.1. The van der Waals surface area contributed by atoms with Gasteiger partial charge in [0.2, 0.25) is 0 Å². The smallest absolute Gasteiger partial charge is 0.262 e. The minimum absolute atomic E-state index is 0.0208. The Morgan fingerprint density at radius 2 is 1.62 bits per heavy atom. The summed E-state index contributed by atoms with van der Waals surface area (Å²) in [7, 11) is 3.25. The summed E-state index contributed by atoms with van der Waals surface area (Å²) in [6, 6.07) is 25.2. The van der Waals surface area contributed by atoms with E-state index in [1.807, 2.05) is 101 Å². The van der Waals surface area contributed by atoms with Gasteiger partial charge in [0.15, 0.2) is 17.5 Å². The molecule has 2 N–H and O–H groups in total. The van der Waals surface area contributed by atoms with E-state index in [9.17, 15) is 9.90 Å². The molecule has 1 aliphatic rings. The molecule has 0 radical (unpaired) electrons. The highest BCUT2D eigenvalue weighted by Gasteiger charge is 2.45. The second kappa shape index (κ2) is 11.8. The number of methoxy groups -OCH3 is 2. The SMILES string of the molecule is COc1ccccc1C(OC[C@H]1O[C@@H](n2nc(I)c3c(=O)[nH]cnc32)C[C@@H]1O)(c1ccccc1)c1ccccc1OC. The molecule has 0 bridgehead atoms. The molecular formula is C31H29IN4O6. The van der Waals surface area contributed by atoms with E-state index in [0.717, 1.165) is 16.7 Å². The molecule has 3 aromatic carbocycles. The molecule has 3 atom stereocenters. The maximum absolute atomic E-state index is 12.4. The largest absolute Gasteiger partial charge is 0.496 e. The summed E-state index contributed by atoms with van der Waals surface area (Å²) in [6.07, 6.45) is -0.631. The number of nitrogens with zero attached hydrogens (tertiary/aromatic N) is 3. The fraction of sp³-hybridized carbons (Fsp3) is 0.258. The molecule has 2 aromatic heterocycles. The Balaban J connectivity index is 1.42. The number of aromatic amines is 1. The number of hydrogen-bond acceptors (Lipinski definition) is 8. The maximum atomic E-state index is 12.4. The second-order valence-electron chi connectivity index (χ2n) is 9.86. The van der Waals surface area contributed by atoms with Gasteiger partial charge in [-0.05, 0) is 40.3 Å². The number of rotatable bonds is 9. The second-order valence-corrected chi connectivity index (χ2v) is 10.9. The number of para-hydroxylation sites is 2. The van der Waals surface area contributed by atoms with Gasteiger partial charge in [-0.15, -0.1) is 0 Å². The maximum Gasteiger partial charge on any atom is 0.262 e. The molecule has 11 heteroatoms. The van der Waals surface area contributed by atoms with Crippen molar-refractivity contribution in [3.63, 3.8) is 0 Å². The van der Waals surface area contributed by atoms with Crippen LogP contribution in [0.4, 0.5) is 0 Å². The van der Waals surface area contributed by atoms with Crippen molar-refractivity contribution in [1.82, 2.24) is 19.7 Å². The Hall–Kier alpha value is -3.78. The van der Waals surface area contributed by atoms with Crippen molar-refractivity contribution in [2.75, 3.05) is 20.8 Å². The predicted octanol–water partition coefficient (Wildman–Crippen LogP) is 4.40. The quantitative estimate of drug-likeness (QED) is 0.174. The van der Waals surface area contributed by atoms with Gasteiger partial charge in [0.25, 0.3) is 5.56 Å². The van der Waals surface area contributed by atoms with Crippen LogP contribution in [-0.4, -0.2) is 57.9 Å². The lowest BCUT2D eigenvalue weighted by molar-refractivity contribution is -0.0957. The predicted molar refractivity (Wildman–Crippen MR) is 164 cm³/mol. The van der Waals surface area contributed by atoms with Crippen molar-refractivity contribution < 1.29 is 24.1 Å². The van der Waals surface area contributed by atoms with Gasteiger partial charge in [-0.1, -0.05) is 66.7 Å². The highest BCUT2D eigenvalue weighted by atomic mass is 127. The first-order valence-corrected chi connectivity index (χ1v) is 14.5. The van der Waals surface area contributed by atoms with E-state index in [4.69, 9.17) is 18.9 Å². The number of H-pyrrole nitrogens is 1. The van der Waals surface area contributed by atoms with E-state index in [1.165, 1.54) is 6.33 Å². The summed E-state index contributed by atoms with van der Waals surface area (Å²) < 4.78 is 27.1. The van der Waals surface area contributed by atoms with E-state index in [1.54, 1.807) is 18.9 Å². The van der Waals surface area contributed by atoms with Crippen molar-refractivity contribution in [2.24, 2.45) is 0 Å². The molecule has 216 valence electrons. The van der Waals surface area contributed by atoms with Crippen molar-refractivity contribution in [3.05, 3.63) is 116 Å². The molecule has 1 fully saturated rings. The molecule has 6 rings (SSSR count). The average molecular weight is 680 g/mol. The molecule has 0 amide bonds. The number of ether oxygens (including phenoxy) is 4. The average Bonchev–Trinajstić information content (AvgIpc) is 3.57. The van der Waals surface area contributed by atoms with Crippen molar-refractivity contribution >= 4 is 33.6 Å². The third-order valence-electron chi connectivity index (χ3n) is 7.55. The number of nitrogens with one attached hydrogen (secondary N) is 1. The number of aliphatic hydroxyl groups excluding tert-OH is 1.